The molecule has 0 saturated carbocycles. The van der Waals surface area contributed by atoms with E-state index in [1.54, 1.807) is 13.2 Å². The normalized spacial score (nSPS) is 15.8. The van der Waals surface area contributed by atoms with Crippen molar-refractivity contribution in [3.05, 3.63) is 35.1 Å². The van der Waals surface area contributed by atoms with Crippen LogP contribution < -0.4 is 0 Å². The van der Waals surface area contributed by atoms with Gasteiger partial charge in [0.25, 0.3) is 0 Å². The third kappa shape index (κ3) is 1.74. The first kappa shape index (κ1) is 8.72. The Labute approximate surface area is 77.6 Å². The molecule has 1 heterocycles. The third-order valence-electron chi connectivity index (χ3n) is 2.27. The molecule has 0 bridgehead atoms. The Balaban J connectivity index is 2.16. The number of hydrogen-bond donors (Lipinski definition) is 0. The number of rotatable bonds is 2. The van der Waals surface area contributed by atoms with Crippen LogP contribution in [0.4, 0.5) is 4.39 Å². The molecule has 0 fully saturated rings. The standard InChI is InChI=1S/C9H11BFNO/c1-13-10-12-5-7-2-3-9(11)4-8(7)6-12/h2-4,10H,5-6H2,1H3. The summed E-state index contributed by atoms with van der Waals surface area (Å²) in [4.78, 5) is 2.13. The summed E-state index contributed by atoms with van der Waals surface area (Å²) in [5, 5.41) is 0. The SMILES string of the molecule is COBN1Cc2ccc(F)cc2C1. The van der Waals surface area contributed by atoms with Crippen molar-refractivity contribution in [2.24, 2.45) is 0 Å². The van der Waals surface area contributed by atoms with Crippen molar-refractivity contribution >= 4 is 7.62 Å². The molecule has 1 aromatic rings. The van der Waals surface area contributed by atoms with Crippen LogP contribution in [0.1, 0.15) is 11.1 Å². The van der Waals surface area contributed by atoms with Crippen molar-refractivity contribution in [1.29, 1.82) is 0 Å². The molecule has 13 heavy (non-hydrogen) atoms. The van der Waals surface area contributed by atoms with Crippen LogP contribution in [-0.4, -0.2) is 19.5 Å². The molecule has 1 aliphatic rings. The summed E-state index contributed by atoms with van der Waals surface area (Å²) in [6.07, 6.45) is 0. The van der Waals surface area contributed by atoms with Gasteiger partial charge in [-0.05, 0) is 23.3 Å². The predicted molar refractivity (Wildman–Crippen MR) is 49.8 cm³/mol. The molecule has 0 saturated heterocycles. The molecule has 4 heteroatoms. The van der Waals surface area contributed by atoms with Gasteiger partial charge in [-0.1, -0.05) is 6.07 Å². The first-order chi connectivity index (χ1) is 6.29. The zero-order chi connectivity index (χ0) is 9.26. The summed E-state index contributed by atoms with van der Waals surface area (Å²) in [7, 11) is 2.28. The highest BCUT2D eigenvalue weighted by atomic mass is 19.1. The molecule has 0 N–H and O–H groups in total. The molecule has 1 aliphatic heterocycles. The molecule has 68 valence electrons. The van der Waals surface area contributed by atoms with Gasteiger partial charge in [-0.25, -0.2) is 4.39 Å². The average molecular weight is 179 g/mol. The summed E-state index contributed by atoms with van der Waals surface area (Å²) in [5.41, 5.74) is 2.29. The average Bonchev–Trinajstić information content (AvgIpc) is 2.46. The highest BCUT2D eigenvalue weighted by Gasteiger charge is 2.19. The third-order valence-corrected chi connectivity index (χ3v) is 2.27. The quantitative estimate of drug-likeness (QED) is 0.629. The maximum absolute atomic E-state index is 12.8. The van der Waals surface area contributed by atoms with Crippen LogP contribution in [0.5, 0.6) is 0 Å². The minimum Gasteiger partial charge on any atom is -0.427 e. The van der Waals surface area contributed by atoms with Crippen molar-refractivity contribution in [3.63, 3.8) is 0 Å². The fourth-order valence-corrected chi connectivity index (χ4v) is 1.71. The molecule has 0 aromatic heterocycles. The van der Waals surface area contributed by atoms with E-state index in [9.17, 15) is 4.39 Å². The van der Waals surface area contributed by atoms with Crippen molar-refractivity contribution in [2.45, 2.75) is 13.1 Å². The van der Waals surface area contributed by atoms with E-state index in [2.05, 4.69) is 4.81 Å². The Morgan fingerprint density at radius 2 is 2.15 bits per heavy atom. The van der Waals surface area contributed by atoms with Crippen LogP contribution in [0.15, 0.2) is 18.2 Å². The molecule has 2 rings (SSSR count). The Morgan fingerprint density at radius 1 is 1.38 bits per heavy atom. The molecule has 0 amide bonds. The van der Waals surface area contributed by atoms with Crippen molar-refractivity contribution in [3.8, 4) is 0 Å². The van der Waals surface area contributed by atoms with Crippen molar-refractivity contribution < 1.29 is 9.04 Å². The van der Waals surface area contributed by atoms with Gasteiger partial charge in [0.1, 0.15) is 5.82 Å². The predicted octanol–water partition coefficient (Wildman–Crippen LogP) is 1.05. The molecule has 0 unspecified atom stereocenters. The fourth-order valence-electron chi connectivity index (χ4n) is 1.71. The van der Waals surface area contributed by atoms with Crippen LogP contribution in [0.3, 0.4) is 0 Å². The smallest absolute Gasteiger partial charge is 0.363 e. The molecular weight excluding hydrogens is 168 g/mol. The Bertz CT molecular complexity index is 318. The van der Waals surface area contributed by atoms with E-state index >= 15 is 0 Å². The number of halogens is 1. The second-order valence-corrected chi connectivity index (χ2v) is 3.32. The van der Waals surface area contributed by atoms with Gasteiger partial charge in [0.2, 0.25) is 0 Å². The highest BCUT2D eigenvalue weighted by molar-refractivity contribution is 6.23. The van der Waals surface area contributed by atoms with Crippen LogP contribution in [0, 0.1) is 5.82 Å². The number of fused-ring (bicyclic) bond motifs is 1. The highest BCUT2D eigenvalue weighted by Crippen LogP contribution is 2.22. The number of hydrogen-bond acceptors (Lipinski definition) is 2. The Hall–Kier alpha value is -0.865. The lowest BCUT2D eigenvalue weighted by molar-refractivity contribution is 0.345. The largest absolute Gasteiger partial charge is 0.427 e. The van der Waals surface area contributed by atoms with E-state index in [4.69, 9.17) is 4.65 Å². The molecular formula is C9H11BFNO. The monoisotopic (exact) mass is 179 g/mol. The summed E-state index contributed by atoms with van der Waals surface area (Å²) in [6.45, 7) is 1.66. The second kappa shape index (κ2) is 3.48. The first-order valence-electron chi connectivity index (χ1n) is 4.28. The topological polar surface area (TPSA) is 12.5 Å². The van der Waals surface area contributed by atoms with E-state index < -0.39 is 0 Å². The fraction of sp³-hybridized carbons (Fsp3) is 0.333. The molecule has 0 atom stereocenters. The lowest BCUT2D eigenvalue weighted by Crippen LogP contribution is -2.22. The van der Waals surface area contributed by atoms with Crippen LogP contribution in [0.25, 0.3) is 0 Å². The van der Waals surface area contributed by atoms with Gasteiger partial charge in [0, 0.05) is 20.2 Å². The molecule has 1 aromatic carbocycles. The van der Waals surface area contributed by atoms with E-state index in [1.165, 1.54) is 11.6 Å². The van der Waals surface area contributed by atoms with Gasteiger partial charge in [-0.15, -0.1) is 0 Å². The van der Waals surface area contributed by atoms with Gasteiger partial charge >= 0.3 is 7.62 Å². The van der Waals surface area contributed by atoms with Crippen molar-refractivity contribution in [2.75, 3.05) is 7.11 Å². The van der Waals surface area contributed by atoms with Gasteiger partial charge in [-0.3, -0.25) is 0 Å². The van der Waals surface area contributed by atoms with Crippen LogP contribution in [0.2, 0.25) is 0 Å². The lowest BCUT2D eigenvalue weighted by atomic mass is 10.1. The number of benzene rings is 1. The van der Waals surface area contributed by atoms with E-state index in [0.717, 1.165) is 18.7 Å². The van der Waals surface area contributed by atoms with Crippen LogP contribution in [-0.2, 0) is 17.7 Å². The zero-order valence-electron chi connectivity index (χ0n) is 7.59. The van der Waals surface area contributed by atoms with E-state index in [-0.39, 0.29) is 5.82 Å². The minimum absolute atomic E-state index is 0.155. The Morgan fingerprint density at radius 3 is 2.92 bits per heavy atom. The molecule has 0 radical (unpaired) electrons. The van der Waals surface area contributed by atoms with E-state index in [0.29, 0.717) is 7.62 Å². The van der Waals surface area contributed by atoms with E-state index in [1.807, 2.05) is 6.07 Å². The van der Waals surface area contributed by atoms with Crippen LogP contribution >= 0.6 is 0 Å². The maximum atomic E-state index is 12.8. The van der Waals surface area contributed by atoms with Gasteiger partial charge < -0.3 is 9.47 Å². The summed E-state index contributed by atoms with van der Waals surface area (Å²) in [6, 6.07) is 4.96. The zero-order valence-corrected chi connectivity index (χ0v) is 7.59. The first-order valence-corrected chi connectivity index (χ1v) is 4.28. The molecule has 0 aliphatic carbocycles. The van der Waals surface area contributed by atoms with Gasteiger partial charge in [0.05, 0.1) is 0 Å². The summed E-state index contributed by atoms with van der Waals surface area (Å²) in [5.74, 6) is -0.155. The second-order valence-electron chi connectivity index (χ2n) is 3.32. The summed E-state index contributed by atoms with van der Waals surface area (Å²) >= 11 is 0. The van der Waals surface area contributed by atoms with Gasteiger partial charge in [0.15, 0.2) is 0 Å². The Kier molecular flexibility index (Phi) is 2.33. The molecule has 2 nitrogen and oxygen atoms in total. The molecule has 0 spiro atoms. The lowest BCUT2D eigenvalue weighted by Gasteiger charge is -2.09. The maximum Gasteiger partial charge on any atom is 0.363 e. The van der Waals surface area contributed by atoms with Crippen molar-refractivity contribution in [1.82, 2.24) is 4.81 Å². The van der Waals surface area contributed by atoms with Gasteiger partial charge in [-0.2, -0.15) is 0 Å². The number of nitrogens with zero attached hydrogens (tertiary/aromatic N) is 1. The minimum atomic E-state index is -0.155. The summed E-state index contributed by atoms with van der Waals surface area (Å²) < 4.78 is 17.8.